The highest BCUT2D eigenvalue weighted by molar-refractivity contribution is 6.34. The first-order valence-corrected chi connectivity index (χ1v) is 7.71. The van der Waals surface area contributed by atoms with E-state index in [1.807, 2.05) is 36.4 Å². The highest BCUT2D eigenvalue weighted by Gasteiger charge is 2.09. The zero-order valence-electron chi connectivity index (χ0n) is 13.4. The highest BCUT2D eigenvalue weighted by Crippen LogP contribution is 2.31. The van der Waals surface area contributed by atoms with E-state index in [0.29, 0.717) is 0 Å². The van der Waals surface area contributed by atoms with Crippen LogP contribution >= 0.6 is 0 Å². The topological polar surface area (TPSA) is 72.2 Å². The fraction of sp³-hybridized carbons (Fsp3) is 0.100. The Morgan fingerprint density at radius 3 is 2.38 bits per heavy atom. The number of hydrogen-bond acceptors (Lipinski definition) is 2. The normalized spacial score (nSPS) is 10.5. The van der Waals surface area contributed by atoms with Crippen LogP contribution in [0.5, 0.6) is 0 Å². The van der Waals surface area contributed by atoms with Gasteiger partial charge in [-0.15, -0.1) is 0 Å². The lowest BCUT2D eigenvalue weighted by Crippen LogP contribution is -2.35. The van der Waals surface area contributed by atoms with Gasteiger partial charge in [0.25, 0.3) is 0 Å². The van der Waals surface area contributed by atoms with E-state index >= 15 is 0 Å². The van der Waals surface area contributed by atoms with Gasteiger partial charge in [-0.2, -0.15) is 0 Å². The largest absolute Gasteiger partial charge is 0.361 e. The first-order valence-electron chi connectivity index (χ1n) is 7.71. The Kier molecular flexibility index (Phi) is 4.29. The van der Waals surface area contributed by atoms with Crippen molar-refractivity contribution in [1.29, 1.82) is 0 Å². The van der Waals surface area contributed by atoms with Crippen molar-refractivity contribution in [3.63, 3.8) is 0 Å². The summed E-state index contributed by atoms with van der Waals surface area (Å²) < 4.78 is 0. The predicted molar refractivity (Wildman–Crippen MR) is 95.2 cm³/mol. The van der Waals surface area contributed by atoms with Crippen LogP contribution in [0.2, 0.25) is 0 Å². The molecule has 120 valence electrons. The molecule has 3 N–H and O–H groups in total. The fourth-order valence-corrected chi connectivity index (χ4v) is 2.82. The number of fused-ring (bicyclic) bond motifs is 1. The summed E-state index contributed by atoms with van der Waals surface area (Å²) in [4.78, 5) is 21.9. The number of benzene rings is 3. The van der Waals surface area contributed by atoms with Crippen molar-refractivity contribution in [2.75, 3.05) is 0 Å². The molecule has 0 unspecified atom stereocenters. The summed E-state index contributed by atoms with van der Waals surface area (Å²) in [5.41, 5.74) is 9.37. The molecular formula is C20H18N2O2. The lowest BCUT2D eigenvalue weighted by atomic mass is 9.93. The second-order valence-electron chi connectivity index (χ2n) is 5.72. The minimum atomic E-state index is -0.974. The smallest absolute Gasteiger partial charge is 0.309 e. The summed E-state index contributed by atoms with van der Waals surface area (Å²) in [5, 5.41) is 4.90. The number of nitrogens with one attached hydrogen (secondary N) is 1. The lowest BCUT2D eigenvalue weighted by molar-refractivity contribution is -0.137. The maximum atomic E-state index is 11.2. The number of primary amides is 1. The van der Waals surface area contributed by atoms with Gasteiger partial charge in [-0.1, -0.05) is 60.7 Å². The average Bonchev–Trinajstić information content (AvgIpc) is 2.60. The van der Waals surface area contributed by atoms with Gasteiger partial charge in [0.1, 0.15) is 0 Å². The number of aryl methyl sites for hydroxylation is 1. The van der Waals surface area contributed by atoms with Crippen LogP contribution in [-0.2, 0) is 16.1 Å². The van der Waals surface area contributed by atoms with E-state index in [0.717, 1.165) is 11.1 Å². The van der Waals surface area contributed by atoms with Crippen LogP contribution in [0.1, 0.15) is 11.1 Å². The molecule has 4 nitrogen and oxygen atoms in total. The number of nitrogens with two attached hydrogens (primary N) is 1. The van der Waals surface area contributed by atoms with E-state index in [-0.39, 0.29) is 6.54 Å². The monoisotopic (exact) mass is 318 g/mol. The lowest BCUT2D eigenvalue weighted by Gasteiger charge is -2.11. The molecule has 0 saturated heterocycles. The summed E-state index contributed by atoms with van der Waals surface area (Å²) in [5.74, 6) is -1.75. The minimum Gasteiger partial charge on any atom is -0.361 e. The zero-order chi connectivity index (χ0) is 17.1. The first kappa shape index (κ1) is 15.7. The van der Waals surface area contributed by atoms with Gasteiger partial charge in [0.05, 0.1) is 0 Å². The molecule has 24 heavy (non-hydrogen) atoms. The van der Waals surface area contributed by atoms with Crippen molar-refractivity contribution in [2.45, 2.75) is 13.5 Å². The van der Waals surface area contributed by atoms with Crippen LogP contribution in [0.4, 0.5) is 0 Å². The van der Waals surface area contributed by atoms with Gasteiger partial charge in [-0.25, -0.2) is 0 Å². The van der Waals surface area contributed by atoms with Crippen molar-refractivity contribution in [3.8, 4) is 11.1 Å². The Morgan fingerprint density at radius 2 is 1.67 bits per heavy atom. The molecule has 0 saturated carbocycles. The molecule has 0 fully saturated rings. The maximum Gasteiger partial charge on any atom is 0.309 e. The van der Waals surface area contributed by atoms with Crippen molar-refractivity contribution in [2.24, 2.45) is 5.73 Å². The number of carbonyl (C=O) groups is 2. The highest BCUT2D eigenvalue weighted by atomic mass is 16.2. The molecule has 0 heterocycles. The number of carbonyl (C=O) groups excluding carboxylic acids is 2. The van der Waals surface area contributed by atoms with Gasteiger partial charge in [0.15, 0.2) is 0 Å². The molecular weight excluding hydrogens is 300 g/mol. The van der Waals surface area contributed by atoms with Crippen LogP contribution in [0.3, 0.4) is 0 Å². The van der Waals surface area contributed by atoms with Crippen molar-refractivity contribution in [3.05, 3.63) is 71.8 Å². The minimum absolute atomic E-state index is 0.274. The third kappa shape index (κ3) is 3.13. The number of hydrogen-bond donors (Lipinski definition) is 2. The molecule has 0 aromatic heterocycles. The third-order valence-electron chi connectivity index (χ3n) is 4.06. The van der Waals surface area contributed by atoms with Gasteiger partial charge >= 0.3 is 11.8 Å². The summed E-state index contributed by atoms with van der Waals surface area (Å²) in [6, 6.07) is 20.5. The van der Waals surface area contributed by atoms with Crippen LogP contribution in [0.25, 0.3) is 21.9 Å². The molecule has 2 amide bonds. The first-order chi connectivity index (χ1) is 11.6. The van der Waals surface area contributed by atoms with E-state index in [1.54, 1.807) is 0 Å². The molecule has 4 heteroatoms. The van der Waals surface area contributed by atoms with Crippen LogP contribution in [0, 0.1) is 6.92 Å². The van der Waals surface area contributed by atoms with E-state index in [2.05, 4.69) is 36.5 Å². The molecule has 0 aliphatic rings. The summed E-state index contributed by atoms with van der Waals surface area (Å²) in [6.45, 7) is 2.37. The summed E-state index contributed by atoms with van der Waals surface area (Å²) in [6.07, 6.45) is 0. The van der Waals surface area contributed by atoms with E-state index in [1.165, 1.54) is 21.9 Å². The van der Waals surface area contributed by atoms with Crippen molar-refractivity contribution >= 4 is 22.6 Å². The van der Waals surface area contributed by atoms with E-state index in [9.17, 15) is 9.59 Å². The Bertz CT molecular complexity index is 915. The Morgan fingerprint density at radius 1 is 0.958 bits per heavy atom. The van der Waals surface area contributed by atoms with Gasteiger partial charge in [-0.05, 0) is 39.9 Å². The zero-order valence-corrected chi connectivity index (χ0v) is 13.4. The van der Waals surface area contributed by atoms with Crippen molar-refractivity contribution in [1.82, 2.24) is 5.32 Å². The van der Waals surface area contributed by atoms with Crippen molar-refractivity contribution < 1.29 is 9.59 Å². The average molecular weight is 318 g/mol. The molecule has 3 aromatic rings. The predicted octanol–water partition coefficient (Wildman–Crippen LogP) is 2.92. The molecule has 0 atom stereocenters. The molecule has 0 radical (unpaired) electrons. The van der Waals surface area contributed by atoms with E-state index < -0.39 is 11.8 Å². The summed E-state index contributed by atoms with van der Waals surface area (Å²) in [7, 11) is 0. The van der Waals surface area contributed by atoms with E-state index in [4.69, 9.17) is 5.73 Å². The second kappa shape index (κ2) is 6.54. The molecule has 3 rings (SSSR count). The van der Waals surface area contributed by atoms with Crippen LogP contribution in [-0.4, -0.2) is 11.8 Å². The van der Waals surface area contributed by atoms with Crippen LogP contribution < -0.4 is 11.1 Å². The number of amides is 2. The summed E-state index contributed by atoms with van der Waals surface area (Å²) >= 11 is 0. The Labute approximate surface area is 140 Å². The quantitative estimate of drug-likeness (QED) is 0.729. The third-order valence-corrected chi connectivity index (χ3v) is 4.06. The number of rotatable bonds is 3. The Hall–Kier alpha value is -3.14. The van der Waals surface area contributed by atoms with Gasteiger partial charge in [0.2, 0.25) is 0 Å². The fourth-order valence-electron chi connectivity index (χ4n) is 2.82. The molecule has 0 spiro atoms. The van der Waals surface area contributed by atoms with Gasteiger partial charge in [-0.3, -0.25) is 9.59 Å². The second-order valence-corrected chi connectivity index (χ2v) is 5.72. The maximum absolute atomic E-state index is 11.2. The standard InChI is InChI=1S/C20H18N2O2/c1-13-6-9-15-4-2-3-5-17(15)18(13)16-10-7-14(8-11-16)12-22-20(24)19(21)23/h2-11H,12H2,1H3,(H2,21,23)(H,22,24). The Balaban J connectivity index is 1.90. The van der Waals surface area contributed by atoms with Crippen LogP contribution in [0.15, 0.2) is 60.7 Å². The SMILES string of the molecule is Cc1ccc2ccccc2c1-c1ccc(CNC(=O)C(N)=O)cc1. The van der Waals surface area contributed by atoms with Gasteiger partial charge < -0.3 is 11.1 Å². The molecule has 0 aliphatic carbocycles. The molecule has 0 bridgehead atoms. The molecule has 0 aliphatic heterocycles. The van der Waals surface area contributed by atoms with Gasteiger partial charge in [0, 0.05) is 6.54 Å². The molecule has 3 aromatic carbocycles.